The SMILES string of the molecule is Cc1nccn1Cc1nnc(C2CCN(CCc3c[nH]c4ccccc34)CC2)n1C. The molecule has 1 aliphatic heterocycles. The van der Waals surface area contributed by atoms with E-state index in [0.29, 0.717) is 5.92 Å². The van der Waals surface area contributed by atoms with Gasteiger partial charge < -0.3 is 19.0 Å². The van der Waals surface area contributed by atoms with E-state index in [1.807, 2.05) is 19.3 Å². The zero-order valence-electron chi connectivity index (χ0n) is 17.8. The molecule has 0 aliphatic carbocycles. The minimum Gasteiger partial charge on any atom is -0.361 e. The van der Waals surface area contributed by atoms with E-state index in [0.717, 1.165) is 62.9 Å². The molecule has 4 aromatic rings. The summed E-state index contributed by atoms with van der Waals surface area (Å²) in [6.45, 7) is 6.09. The monoisotopic (exact) mass is 403 g/mol. The van der Waals surface area contributed by atoms with E-state index >= 15 is 0 Å². The molecule has 0 saturated carbocycles. The van der Waals surface area contributed by atoms with Crippen LogP contribution in [-0.4, -0.2) is 53.8 Å². The number of imidazole rings is 1. The zero-order chi connectivity index (χ0) is 20.5. The van der Waals surface area contributed by atoms with Crippen molar-refractivity contribution in [3.63, 3.8) is 0 Å². The number of aryl methyl sites for hydroxylation is 1. The molecule has 1 N–H and O–H groups in total. The lowest BCUT2D eigenvalue weighted by Crippen LogP contribution is -2.35. The first-order valence-corrected chi connectivity index (χ1v) is 10.8. The van der Waals surface area contributed by atoms with Crippen LogP contribution in [0.3, 0.4) is 0 Å². The normalized spacial score (nSPS) is 15.9. The number of nitrogens with one attached hydrogen (secondary N) is 1. The molecular weight excluding hydrogens is 374 g/mol. The molecule has 7 nitrogen and oxygen atoms in total. The Hall–Kier alpha value is -2.93. The van der Waals surface area contributed by atoms with Crippen LogP contribution in [-0.2, 0) is 20.0 Å². The van der Waals surface area contributed by atoms with Gasteiger partial charge in [-0.05, 0) is 50.9 Å². The molecule has 1 saturated heterocycles. The van der Waals surface area contributed by atoms with Crippen molar-refractivity contribution in [2.24, 2.45) is 7.05 Å². The predicted molar refractivity (Wildman–Crippen MR) is 117 cm³/mol. The van der Waals surface area contributed by atoms with Crippen LogP contribution in [0.25, 0.3) is 10.9 Å². The molecule has 7 heteroatoms. The number of aromatic amines is 1. The minimum absolute atomic E-state index is 0.490. The summed E-state index contributed by atoms with van der Waals surface area (Å²) in [7, 11) is 2.10. The molecule has 4 heterocycles. The van der Waals surface area contributed by atoms with Crippen molar-refractivity contribution in [3.8, 4) is 0 Å². The molecular formula is C23H29N7. The maximum atomic E-state index is 4.55. The first kappa shape index (κ1) is 19.1. The van der Waals surface area contributed by atoms with E-state index in [4.69, 9.17) is 0 Å². The predicted octanol–water partition coefficient (Wildman–Crippen LogP) is 3.27. The second kappa shape index (κ2) is 8.07. The molecule has 0 bridgehead atoms. The van der Waals surface area contributed by atoms with Crippen molar-refractivity contribution in [2.75, 3.05) is 19.6 Å². The van der Waals surface area contributed by atoms with E-state index in [1.54, 1.807) is 0 Å². The smallest absolute Gasteiger partial charge is 0.152 e. The molecule has 0 amide bonds. The molecule has 0 spiro atoms. The number of hydrogen-bond acceptors (Lipinski definition) is 4. The third kappa shape index (κ3) is 3.65. The number of likely N-dealkylation sites (tertiary alicyclic amines) is 1. The summed E-state index contributed by atoms with van der Waals surface area (Å²) in [5, 5.41) is 10.4. The van der Waals surface area contributed by atoms with Crippen molar-refractivity contribution >= 4 is 10.9 Å². The number of fused-ring (bicyclic) bond motifs is 1. The Kier molecular flexibility index (Phi) is 5.12. The molecule has 156 valence electrons. The fourth-order valence-corrected chi connectivity index (χ4v) is 4.62. The van der Waals surface area contributed by atoms with Crippen LogP contribution in [0.2, 0.25) is 0 Å². The number of piperidine rings is 1. The van der Waals surface area contributed by atoms with Crippen molar-refractivity contribution in [1.29, 1.82) is 0 Å². The molecule has 0 atom stereocenters. The number of aromatic nitrogens is 6. The van der Waals surface area contributed by atoms with Gasteiger partial charge in [-0.2, -0.15) is 0 Å². The maximum absolute atomic E-state index is 4.55. The van der Waals surface area contributed by atoms with Gasteiger partial charge in [-0.3, -0.25) is 0 Å². The number of nitrogens with zero attached hydrogens (tertiary/aromatic N) is 6. The number of H-pyrrole nitrogens is 1. The van der Waals surface area contributed by atoms with Crippen molar-refractivity contribution in [3.05, 3.63) is 65.9 Å². The number of hydrogen-bond donors (Lipinski definition) is 1. The van der Waals surface area contributed by atoms with E-state index in [-0.39, 0.29) is 0 Å². The van der Waals surface area contributed by atoms with Gasteiger partial charge in [-0.1, -0.05) is 18.2 Å². The standard InChI is InChI=1S/C23H29N7/c1-17-24-10-14-30(17)16-22-26-27-23(28(22)2)18-7-11-29(12-8-18)13-9-19-15-25-21-6-4-3-5-20(19)21/h3-6,10,14-15,18,25H,7-9,11-13,16H2,1-2H3. The second-order valence-corrected chi connectivity index (χ2v) is 8.36. The molecule has 1 aliphatic rings. The van der Waals surface area contributed by atoms with E-state index in [9.17, 15) is 0 Å². The largest absolute Gasteiger partial charge is 0.361 e. The van der Waals surface area contributed by atoms with Crippen LogP contribution in [0.4, 0.5) is 0 Å². The topological polar surface area (TPSA) is 67.6 Å². The summed E-state index contributed by atoms with van der Waals surface area (Å²) in [5.74, 6) is 3.61. The summed E-state index contributed by atoms with van der Waals surface area (Å²) in [4.78, 5) is 10.3. The van der Waals surface area contributed by atoms with Gasteiger partial charge in [0, 0.05) is 49.0 Å². The third-order valence-corrected chi connectivity index (χ3v) is 6.56. The van der Waals surface area contributed by atoms with E-state index < -0.39 is 0 Å². The lowest BCUT2D eigenvalue weighted by atomic mass is 9.95. The van der Waals surface area contributed by atoms with E-state index in [1.165, 1.54) is 16.5 Å². The zero-order valence-corrected chi connectivity index (χ0v) is 17.8. The van der Waals surface area contributed by atoms with Crippen molar-refractivity contribution < 1.29 is 0 Å². The van der Waals surface area contributed by atoms with Gasteiger partial charge in [0.1, 0.15) is 11.6 Å². The Bertz CT molecular complexity index is 1130. The van der Waals surface area contributed by atoms with Gasteiger partial charge in [0.05, 0.1) is 6.54 Å². The number of rotatable bonds is 6. The Morgan fingerprint density at radius 1 is 1.13 bits per heavy atom. The molecule has 0 unspecified atom stereocenters. The van der Waals surface area contributed by atoms with Crippen LogP contribution in [0.5, 0.6) is 0 Å². The highest BCUT2D eigenvalue weighted by atomic mass is 15.3. The Morgan fingerprint density at radius 2 is 1.97 bits per heavy atom. The second-order valence-electron chi connectivity index (χ2n) is 8.36. The summed E-state index contributed by atoms with van der Waals surface area (Å²) < 4.78 is 4.30. The first-order valence-electron chi connectivity index (χ1n) is 10.8. The van der Waals surface area contributed by atoms with Crippen LogP contribution < -0.4 is 0 Å². The van der Waals surface area contributed by atoms with Gasteiger partial charge in [-0.15, -0.1) is 10.2 Å². The molecule has 1 aromatic carbocycles. The molecule has 1 fully saturated rings. The fourth-order valence-electron chi connectivity index (χ4n) is 4.62. The summed E-state index contributed by atoms with van der Waals surface area (Å²) in [5.41, 5.74) is 2.65. The van der Waals surface area contributed by atoms with Crippen LogP contribution in [0.1, 0.15) is 41.8 Å². The van der Waals surface area contributed by atoms with Gasteiger partial charge in [0.25, 0.3) is 0 Å². The van der Waals surface area contributed by atoms with Gasteiger partial charge in [0.15, 0.2) is 5.82 Å². The van der Waals surface area contributed by atoms with Crippen molar-refractivity contribution in [1.82, 2.24) is 34.2 Å². The average Bonchev–Trinajstić information content (AvgIpc) is 3.47. The lowest BCUT2D eigenvalue weighted by molar-refractivity contribution is 0.210. The number of para-hydroxylation sites is 1. The van der Waals surface area contributed by atoms with E-state index in [2.05, 4.69) is 71.7 Å². The molecule has 5 rings (SSSR count). The van der Waals surface area contributed by atoms with Crippen molar-refractivity contribution in [2.45, 2.75) is 38.6 Å². The Morgan fingerprint density at radius 3 is 2.77 bits per heavy atom. The van der Waals surface area contributed by atoms with Crippen LogP contribution in [0.15, 0.2) is 42.9 Å². The van der Waals surface area contributed by atoms with Gasteiger partial charge >= 0.3 is 0 Å². The summed E-state index contributed by atoms with van der Waals surface area (Å²) in [6.07, 6.45) is 9.37. The average molecular weight is 404 g/mol. The highest BCUT2D eigenvalue weighted by molar-refractivity contribution is 5.83. The summed E-state index contributed by atoms with van der Waals surface area (Å²) >= 11 is 0. The summed E-state index contributed by atoms with van der Waals surface area (Å²) in [6, 6.07) is 8.56. The quantitative estimate of drug-likeness (QED) is 0.537. The lowest BCUT2D eigenvalue weighted by Gasteiger charge is -2.31. The number of benzene rings is 1. The maximum Gasteiger partial charge on any atom is 0.152 e. The van der Waals surface area contributed by atoms with Crippen LogP contribution in [0, 0.1) is 6.92 Å². The Labute approximate surface area is 176 Å². The van der Waals surface area contributed by atoms with Gasteiger partial charge in [-0.25, -0.2) is 4.98 Å². The highest BCUT2D eigenvalue weighted by Gasteiger charge is 2.25. The molecule has 0 radical (unpaired) electrons. The highest BCUT2D eigenvalue weighted by Crippen LogP contribution is 2.27. The Balaban J connectivity index is 1.18. The minimum atomic E-state index is 0.490. The van der Waals surface area contributed by atoms with Gasteiger partial charge in [0.2, 0.25) is 0 Å². The molecule has 3 aromatic heterocycles. The molecule has 30 heavy (non-hydrogen) atoms. The van der Waals surface area contributed by atoms with Crippen LogP contribution >= 0.6 is 0 Å². The fraction of sp³-hybridized carbons (Fsp3) is 0.435. The first-order chi connectivity index (χ1) is 14.7. The third-order valence-electron chi connectivity index (χ3n) is 6.56.